The van der Waals surface area contributed by atoms with E-state index in [2.05, 4.69) is 38.1 Å². The molecule has 20 heavy (non-hydrogen) atoms. The zero-order valence-electron chi connectivity index (χ0n) is 12.9. The molecule has 0 aliphatic heterocycles. The molecule has 1 aliphatic rings. The predicted molar refractivity (Wildman–Crippen MR) is 82.2 cm³/mol. The van der Waals surface area contributed by atoms with E-state index in [1.54, 1.807) is 0 Å². The highest BCUT2D eigenvalue weighted by atomic mass is 16.2. The van der Waals surface area contributed by atoms with Crippen LogP contribution in [0.2, 0.25) is 0 Å². The van der Waals surface area contributed by atoms with Crippen LogP contribution in [0.25, 0.3) is 0 Å². The van der Waals surface area contributed by atoms with E-state index in [9.17, 15) is 4.79 Å². The monoisotopic (exact) mass is 274 g/mol. The lowest BCUT2D eigenvalue weighted by atomic mass is 9.95. The van der Waals surface area contributed by atoms with Crippen molar-refractivity contribution in [3.63, 3.8) is 0 Å². The number of amides is 1. The van der Waals surface area contributed by atoms with E-state index in [4.69, 9.17) is 5.73 Å². The lowest BCUT2D eigenvalue weighted by Gasteiger charge is -2.32. The summed E-state index contributed by atoms with van der Waals surface area (Å²) in [5, 5.41) is 0. The molecule has 0 aromatic heterocycles. The van der Waals surface area contributed by atoms with Crippen molar-refractivity contribution in [1.82, 2.24) is 4.90 Å². The standard InChI is InChI=1S/C17H26N2O/c1-4-11-19(12-14-7-5-13(2)6-8-14)16(20)17(3,18)15-9-10-15/h5-8,15H,4,9-12,18H2,1-3H3. The summed E-state index contributed by atoms with van der Waals surface area (Å²) in [7, 11) is 0. The Morgan fingerprint density at radius 3 is 2.45 bits per heavy atom. The van der Waals surface area contributed by atoms with E-state index >= 15 is 0 Å². The highest BCUT2D eigenvalue weighted by Crippen LogP contribution is 2.39. The average Bonchev–Trinajstić information content (AvgIpc) is 3.24. The van der Waals surface area contributed by atoms with Gasteiger partial charge in [-0.15, -0.1) is 0 Å². The van der Waals surface area contributed by atoms with Crippen LogP contribution in [0.5, 0.6) is 0 Å². The highest BCUT2D eigenvalue weighted by molar-refractivity contribution is 5.86. The van der Waals surface area contributed by atoms with Crippen LogP contribution in [0.15, 0.2) is 24.3 Å². The number of nitrogens with two attached hydrogens (primary N) is 1. The fourth-order valence-electron chi connectivity index (χ4n) is 2.63. The normalized spacial score (nSPS) is 17.6. The molecule has 0 saturated heterocycles. The Balaban J connectivity index is 2.09. The number of hydrogen-bond acceptors (Lipinski definition) is 2. The lowest BCUT2D eigenvalue weighted by molar-refractivity contribution is -0.137. The van der Waals surface area contributed by atoms with Crippen LogP contribution in [-0.4, -0.2) is 22.9 Å². The summed E-state index contributed by atoms with van der Waals surface area (Å²) in [5.74, 6) is 0.467. The maximum absolute atomic E-state index is 12.7. The number of carbonyl (C=O) groups excluding carboxylic acids is 1. The molecule has 1 unspecified atom stereocenters. The minimum atomic E-state index is -0.695. The molecule has 1 aromatic rings. The Morgan fingerprint density at radius 1 is 1.35 bits per heavy atom. The fourth-order valence-corrected chi connectivity index (χ4v) is 2.63. The molecule has 0 bridgehead atoms. The summed E-state index contributed by atoms with van der Waals surface area (Å²) < 4.78 is 0. The van der Waals surface area contributed by atoms with Crippen molar-refractivity contribution in [2.75, 3.05) is 6.54 Å². The maximum Gasteiger partial charge on any atom is 0.242 e. The highest BCUT2D eigenvalue weighted by Gasteiger charge is 2.45. The van der Waals surface area contributed by atoms with E-state index in [0.29, 0.717) is 12.5 Å². The largest absolute Gasteiger partial charge is 0.337 e. The maximum atomic E-state index is 12.7. The molecule has 2 rings (SSSR count). The Kier molecular flexibility index (Phi) is 4.48. The van der Waals surface area contributed by atoms with Crippen molar-refractivity contribution >= 4 is 5.91 Å². The zero-order valence-corrected chi connectivity index (χ0v) is 12.9. The number of benzene rings is 1. The van der Waals surface area contributed by atoms with Gasteiger partial charge in [0.15, 0.2) is 0 Å². The van der Waals surface area contributed by atoms with Gasteiger partial charge in [0.1, 0.15) is 0 Å². The third kappa shape index (κ3) is 3.40. The van der Waals surface area contributed by atoms with Crippen molar-refractivity contribution in [3.8, 4) is 0 Å². The second-order valence-corrected chi connectivity index (χ2v) is 6.27. The summed E-state index contributed by atoms with van der Waals surface area (Å²) in [4.78, 5) is 14.6. The van der Waals surface area contributed by atoms with Gasteiger partial charge in [-0.05, 0) is 44.6 Å². The second kappa shape index (κ2) is 5.96. The SMILES string of the molecule is CCCN(Cc1ccc(C)cc1)C(=O)C(C)(N)C1CC1. The average molecular weight is 274 g/mol. The molecule has 0 heterocycles. The third-order valence-corrected chi connectivity index (χ3v) is 4.16. The van der Waals surface area contributed by atoms with E-state index in [1.165, 1.54) is 11.1 Å². The molecule has 0 radical (unpaired) electrons. The van der Waals surface area contributed by atoms with Crippen LogP contribution in [0.4, 0.5) is 0 Å². The van der Waals surface area contributed by atoms with Crippen LogP contribution < -0.4 is 5.73 Å². The van der Waals surface area contributed by atoms with Gasteiger partial charge in [0.2, 0.25) is 5.91 Å². The number of carbonyl (C=O) groups is 1. The molecule has 2 N–H and O–H groups in total. The van der Waals surface area contributed by atoms with E-state index in [1.807, 2.05) is 11.8 Å². The smallest absolute Gasteiger partial charge is 0.242 e. The topological polar surface area (TPSA) is 46.3 Å². The lowest BCUT2D eigenvalue weighted by Crippen LogP contribution is -2.54. The van der Waals surface area contributed by atoms with Gasteiger partial charge < -0.3 is 10.6 Å². The summed E-state index contributed by atoms with van der Waals surface area (Å²) >= 11 is 0. The predicted octanol–water partition coefficient (Wildman–Crippen LogP) is 2.86. The van der Waals surface area contributed by atoms with E-state index in [0.717, 1.165) is 25.8 Å². The Morgan fingerprint density at radius 2 is 1.95 bits per heavy atom. The first-order chi connectivity index (χ1) is 9.45. The minimum absolute atomic E-state index is 0.0995. The minimum Gasteiger partial charge on any atom is -0.337 e. The van der Waals surface area contributed by atoms with Gasteiger partial charge in [-0.1, -0.05) is 36.8 Å². The molecular formula is C17H26N2O. The van der Waals surface area contributed by atoms with Gasteiger partial charge in [-0.25, -0.2) is 0 Å². The summed E-state index contributed by atoms with van der Waals surface area (Å²) in [5.41, 5.74) is 8.00. The van der Waals surface area contributed by atoms with Crippen LogP contribution in [0, 0.1) is 12.8 Å². The van der Waals surface area contributed by atoms with Gasteiger partial charge in [0.25, 0.3) is 0 Å². The molecule has 1 aliphatic carbocycles. The van der Waals surface area contributed by atoms with E-state index in [-0.39, 0.29) is 5.91 Å². The molecule has 1 fully saturated rings. The Hall–Kier alpha value is -1.35. The summed E-state index contributed by atoms with van der Waals surface area (Å²) in [6, 6.07) is 8.37. The van der Waals surface area contributed by atoms with E-state index < -0.39 is 5.54 Å². The van der Waals surface area contributed by atoms with Gasteiger partial charge >= 0.3 is 0 Å². The molecule has 1 aromatic carbocycles. The van der Waals surface area contributed by atoms with Crippen LogP contribution in [-0.2, 0) is 11.3 Å². The molecule has 1 amide bonds. The Bertz CT molecular complexity index is 460. The first-order valence-corrected chi connectivity index (χ1v) is 7.59. The number of hydrogen-bond donors (Lipinski definition) is 1. The molecule has 0 spiro atoms. The van der Waals surface area contributed by atoms with Crippen molar-refractivity contribution in [3.05, 3.63) is 35.4 Å². The van der Waals surface area contributed by atoms with Gasteiger partial charge in [0, 0.05) is 13.1 Å². The molecule has 3 heteroatoms. The van der Waals surface area contributed by atoms with Crippen molar-refractivity contribution in [1.29, 1.82) is 0 Å². The third-order valence-electron chi connectivity index (χ3n) is 4.16. The van der Waals surface area contributed by atoms with Crippen LogP contribution >= 0.6 is 0 Å². The van der Waals surface area contributed by atoms with Crippen LogP contribution in [0.1, 0.15) is 44.2 Å². The number of nitrogens with zero attached hydrogens (tertiary/aromatic N) is 1. The molecule has 1 atom stereocenters. The van der Waals surface area contributed by atoms with Crippen molar-refractivity contribution in [2.24, 2.45) is 11.7 Å². The second-order valence-electron chi connectivity index (χ2n) is 6.27. The Labute approximate surface area is 122 Å². The summed E-state index contributed by atoms with van der Waals surface area (Å²) in [6.45, 7) is 7.49. The van der Waals surface area contributed by atoms with Crippen molar-refractivity contribution in [2.45, 2.75) is 52.1 Å². The number of aryl methyl sites for hydroxylation is 1. The molecule has 1 saturated carbocycles. The zero-order chi connectivity index (χ0) is 14.8. The molecular weight excluding hydrogens is 248 g/mol. The molecule has 3 nitrogen and oxygen atoms in total. The van der Waals surface area contributed by atoms with Gasteiger partial charge in [0.05, 0.1) is 5.54 Å². The van der Waals surface area contributed by atoms with Crippen LogP contribution in [0.3, 0.4) is 0 Å². The fraction of sp³-hybridized carbons (Fsp3) is 0.588. The first kappa shape index (κ1) is 15.0. The number of rotatable bonds is 6. The quantitative estimate of drug-likeness (QED) is 0.867. The first-order valence-electron chi connectivity index (χ1n) is 7.59. The summed E-state index contributed by atoms with van der Waals surface area (Å²) in [6.07, 6.45) is 3.13. The van der Waals surface area contributed by atoms with Crippen molar-refractivity contribution < 1.29 is 4.79 Å². The van der Waals surface area contributed by atoms with Gasteiger partial charge in [-0.3, -0.25) is 4.79 Å². The van der Waals surface area contributed by atoms with Gasteiger partial charge in [-0.2, -0.15) is 0 Å². The molecule has 110 valence electrons.